The van der Waals surface area contributed by atoms with Crippen LogP contribution < -0.4 is 9.80 Å². The molecular formula is C19H24BrN5O2. The summed E-state index contributed by atoms with van der Waals surface area (Å²) in [7, 11) is 0. The van der Waals surface area contributed by atoms with Crippen molar-refractivity contribution in [1.29, 1.82) is 0 Å². The number of nitrogens with zero attached hydrogens (tertiary/aromatic N) is 5. The maximum Gasteiger partial charge on any atom is 0.289 e. The summed E-state index contributed by atoms with van der Waals surface area (Å²) in [5.41, 5.74) is 0.986. The fourth-order valence-electron chi connectivity index (χ4n) is 3.66. The first-order valence-corrected chi connectivity index (χ1v) is 10.3. The van der Waals surface area contributed by atoms with E-state index in [1.54, 1.807) is 12.1 Å². The van der Waals surface area contributed by atoms with Crippen molar-refractivity contribution in [1.82, 2.24) is 14.9 Å². The molecule has 0 spiro atoms. The van der Waals surface area contributed by atoms with Gasteiger partial charge >= 0.3 is 0 Å². The molecule has 2 aromatic rings. The standard InChI is InChI=1S/C19H24BrN5O2/c1-14-13-17(22-19(21-14)25-7-3-2-4-8-25)23-9-11-24(12-10-23)18(26)15-5-6-16(20)27-15/h5-6,13H,2-4,7-12H2,1H3. The lowest BCUT2D eigenvalue weighted by Crippen LogP contribution is -2.49. The molecule has 1 amide bonds. The van der Waals surface area contributed by atoms with E-state index in [0.29, 0.717) is 23.5 Å². The van der Waals surface area contributed by atoms with Crippen molar-refractivity contribution in [2.75, 3.05) is 49.1 Å². The highest BCUT2D eigenvalue weighted by atomic mass is 79.9. The Labute approximate surface area is 167 Å². The average Bonchev–Trinajstić information content (AvgIpc) is 3.14. The van der Waals surface area contributed by atoms with Gasteiger partial charge in [0.15, 0.2) is 10.4 Å². The normalized spacial score (nSPS) is 18.1. The van der Waals surface area contributed by atoms with E-state index in [-0.39, 0.29) is 5.91 Å². The van der Waals surface area contributed by atoms with Gasteiger partial charge in [-0.15, -0.1) is 0 Å². The Kier molecular flexibility index (Phi) is 5.33. The quantitative estimate of drug-likeness (QED) is 0.740. The monoisotopic (exact) mass is 433 g/mol. The molecule has 0 aliphatic carbocycles. The highest BCUT2D eigenvalue weighted by molar-refractivity contribution is 9.10. The highest BCUT2D eigenvalue weighted by Crippen LogP contribution is 2.22. The van der Waals surface area contributed by atoms with E-state index in [1.807, 2.05) is 17.9 Å². The molecule has 2 aliphatic heterocycles. The first-order valence-electron chi connectivity index (χ1n) is 9.50. The summed E-state index contributed by atoms with van der Waals surface area (Å²) in [6.07, 6.45) is 3.70. The topological polar surface area (TPSA) is 65.7 Å². The maximum atomic E-state index is 12.5. The van der Waals surface area contributed by atoms with Gasteiger partial charge in [-0.3, -0.25) is 4.79 Å². The van der Waals surface area contributed by atoms with E-state index in [1.165, 1.54) is 19.3 Å². The number of rotatable bonds is 3. The lowest BCUT2D eigenvalue weighted by atomic mass is 10.1. The molecule has 0 radical (unpaired) electrons. The van der Waals surface area contributed by atoms with Crippen LogP contribution in [0.2, 0.25) is 0 Å². The van der Waals surface area contributed by atoms with Gasteiger partial charge in [0.25, 0.3) is 5.91 Å². The van der Waals surface area contributed by atoms with Crippen LogP contribution in [0.4, 0.5) is 11.8 Å². The van der Waals surface area contributed by atoms with Crippen LogP contribution in [0.3, 0.4) is 0 Å². The molecule has 7 nitrogen and oxygen atoms in total. The fraction of sp³-hybridized carbons (Fsp3) is 0.526. The van der Waals surface area contributed by atoms with E-state index in [9.17, 15) is 4.79 Å². The van der Waals surface area contributed by atoms with Gasteiger partial charge < -0.3 is 19.1 Å². The van der Waals surface area contributed by atoms with Crippen molar-refractivity contribution in [3.8, 4) is 0 Å². The summed E-state index contributed by atoms with van der Waals surface area (Å²) >= 11 is 3.25. The Morgan fingerprint density at radius 2 is 1.74 bits per heavy atom. The van der Waals surface area contributed by atoms with Gasteiger partial charge in [-0.25, -0.2) is 4.98 Å². The van der Waals surface area contributed by atoms with Crippen LogP contribution in [0, 0.1) is 6.92 Å². The summed E-state index contributed by atoms with van der Waals surface area (Å²) < 4.78 is 5.97. The van der Waals surface area contributed by atoms with Crippen LogP contribution >= 0.6 is 15.9 Å². The molecular weight excluding hydrogens is 410 g/mol. The lowest BCUT2D eigenvalue weighted by molar-refractivity contribution is 0.0713. The Balaban J connectivity index is 1.43. The van der Waals surface area contributed by atoms with E-state index < -0.39 is 0 Å². The molecule has 2 aliphatic rings. The van der Waals surface area contributed by atoms with Crippen molar-refractivity contribution in [3.05, 3.63) is 34.3 Å². The third-order valence-corrected chi connectivity index (χ3v) is 5.57. The number of furan rings is 1. The second-order valence-electron chi connectivity index (χ2n) is 7.10. The molecule has 2 fully saturated rings. The number of aromatic nitrogens is 2. The molecule has 0 aromatic carbocycles. The molecule has 0 N–H and O–H groups in total. The molecule has 0 unspecified atom stereocenters. The minimum Gasteiger partial charge on any atom is -0.444 e. The number of halogens is 1. The Morgan fingerprint density at radius 3 is 2.41 bits per heavy atom. The number of carbonyl (C=O) groups is 1. The molecule has 27 heavy (non-hydrogen) atoms. The molecule has 0 atom stereocenters. The number of carbonyl (C=O) groups excluding carboxylic acids is 1. The van der Waals surface area contributed by atoms with Crippen molar-refractivity contribution in [3.63, 3.8) is 0 Å². The number of piperidine rings is 1. The largest absolute Gasteiger partial charge is 0.444 e. The van der Waals surface area contributed by atoms with Crippen molar-refractivity contribution in [2.24, 2.45) is 0 Å². The third kappa shape index (κ3) is 4.10. The van der Waals surface area contributed by atoms with Gasteiger partial charge in [0.2, 0.25) is 5.95 Å². The minimum absolute atomic E-state index is 0.0618. The fourth-order valence-corrected chi connectivity index (χ4v) is 3.96. The van der Waals surface area contributed by atoms with Gasteiger partial charge in [0.05, 0.1) is 0 Å². The van der Waals surface area contributed by atoms with Gasteiger partial charge in [-0.05, 0) is 54.2 Å². The average molecular weight is 434 g/mol. The molecule has 2 aromatic heterocycles. The second-order valence-corrected chi connectivity index (χ2v) is 7.88. The summed E-state index contributed by atoms with van der Waals surface area (Å²) in [6.45, 7) is 6.90. The lowest BCUT2D eigenvalue weighted by Gasteiger charge is -2.35. The SMILES string of the molecule is Cc1cc(N2CCN(C(=O)c3ccc(Br)o3)CC2)nc(N2CCCCC2)n1. The zero-order valence-corrected chi connectivity index (χ0v) is 17.1. The smallest absolute Gasteiger partial charge is 0.289 e. The van der Waals surface area contributed by atoms with E-state index in [2.05, 4.69) is 30.7 Å². The van der Waals surface area contributed by atoms with Crippen LogP contribution in [-0.2, 0) is 0 Å². The van der Waals surface area contributed by atoms with Crippen molar-refractivity contribution >= 4 is 33.6 Å². The number of hydrogen-bond donors (Lipinski definition) is 0. The van der Waals surface area contributed by atoms with Crippen LogP contribution in [0.25, 0.3) is 0 Å². The van der Waals surface area contributed by atoms with Gasteiger partial charge in [-0.2, -0.15) is 4.98 Å². The number of aryl methyl sites for hydroxylation is 1. The van der Waals surface area contributed by atoms with Gasteiger partial charge in [-0.1, -0.05) is 0 Å². The highest BCUT2D eigenvalue weighted by Gasteiger charge is 2.25. The molecule has 4 rings (SSSR count). The third-order valence-electron chi connectivity index (χ3n) is 5.14. The van der Waals surface area contributed by atoms with E-state index in [0.717, 1.165) is 43.6 Å². The zero-order valence-electron chi connectivity index (χ0n) is 15.5. The number of anilines is 2. The minimum atomic E-state index is -0.0618. The van der Waals surface area contributed by atoms with Gasteiger partial charge in [0.1, 0.15) is 5.82 Å². The van der Waals surface area contributed by atoms with Crippen LogP contribution in [0.5, 0.6) is 0 Å². The van der Waals surface area contributed by atoms with E-state index >= 15 is 0 Å². The summed E-state index contributed by atoms with van der Waals surface area (Å²) in [6, 6.07) is 5.49. The van der Waals surface area contributed by atoms with Crippen molar-refractivity contribution < 1.29 is 9.21 Å². The maximum absolute atomic E-state index is 12.5. The molecule has 144 valence electrons. The van der Waals surface area contributed by atoms with Gasteiger partial charge in [0, 0.05) is 51.0 Å². The summed E-state index contributed by atoms with van der Waals surface area (Å²) in [5, 5.41) is 0. The van der Waals surface area contributed by atoms with Crippen LogP contribution in [-0.4, -0.2) is 60.0 Å². The zero-order chi connectivity index (χ0) is 18.8. The Bertz CT molecular complexity index is 810. The molecule has 8 heteroatoms. The predicted molar refractivity (Wildman–Crippen MR) is 107 cm³/mol. The van der Waals surface area contributed by atoms with E-state index in [4.69, 9.17) is 9.40 Å². The molecule has 2 saturated heterocycles. The summed E-state index contributed by atoms with van der Waals surface area (Å²) in [5.74, 6) is 2.10. The Hall–Kier alpha value is -2.09. The first kappa shape index (κ1) is 18.3. The number of amides is 1. The molecule has 0 saturated carbocycles. The molecule has 0 bridgehead atoms. The Morgan fingerprint density at radius 1 is 1.00 bits per heavy atom. The predicted octanol–water partition coefficient (Wildman–Crippen LogP) is 3.09. The van der Waals surface area contributed by atoms with Crippen LogP contribution in [0.15, 0.2) is 27.3 Å². The first-order chi connectivity index (χ1) is 13.1. The number of piperazine rings is 1. The molecule has 4 heterocycles. The summed E-state index contributed by atoms with van der Waals surface area (Å²) in [4.78, 5) is 28.4. The second kappa shape index (κ2) is 7.88. The van der Waals surface area contributed by atoms with Crippen LogP contribution in [0.1, 0.15) is 35.5 Å². The van der Waals surface area contributed by atoms with Crippen molar-refractivity contribution in [2.45, 2.75) is 26.2 Å². The number of hydrogen-bond acceptors (Lipinski definition) is 6.